The molecule has 2 aromatic heterocycles. The first-order valence-corrected chi connectivity index (χ1v) is 8.51. The van der Waals surface area contributed by atoms with Crippen molar-refractivity contribution in [1.82, 2.24) is 19.9 Å². The first-order valence-electron chi connectivity index (χ1n) is 8.51. The Kier molecular flexibility index (Phi) is 4.08. The minimum atomic E-state index is -0.195. The maximum Gasteiger partial charge on any atom is 0.256 e. The molecule has 1 amide bonds. The van der Waals surface area contributed by atoms with Crippen molar-refractivity contribution in [1.29, 1.82) is 0 Å². The van der Waals surface area contributed by atoms with Gasteiger partial charge in [0.05, 0.1) is 18.5 Å². The Bertz CT molecular complexity index is 981. The van der Waals surface area contributed by atoms with Crippen molar-refractivity contribution in [3.8, 4) is 5.75 Å². The quantitative estimate of drug-likeness (QED) is 0.622. The normalized spacial score (nSPS) is 14.3. The minimum Gasteiger partial charge on any atom is -0.491 e. The Morgan fingerprint density at radius 1 is 1.31 bits per heavy atom. The summed E-state index contributed by atoms with van der Waals surface area (Å²) >= 11 is 0. The molecule has 0 saturated carbocycles. The van der Waals surface area contributed by atoms with E-state index in [9.17, 15) is 4.79 Å². The highest BCUT2D eigenvalue weighted by atomic mass is 16.5. The molecule has 2 bridgehead atoms. The van der Waals surface area contributed by atoms with Crippen molar-refractivity contribution in [2.45, 2.75) is 13.3 Å². The highest BCUT2D eigenvalue weighted by molar-refractivity contribution is 6.00. The number of fused-ring (bicyclic) bond motifs is 2. The average Bonchev–Trinajstić information content (AvgIpc) is 3.05. The largest absolute Gasteiger partial charge is 0.491 e. The SMILES string of the molecule is CNc1cc2nc3c(cnn13)C(=O)NCCCOc1ccc(C)cc1N2. The van der Waals surface area contributed by atoms with Gasteiger partial charge in [-0.05, 0) is 31.0 Å². The fraction of sp³-hybridized carbons (Fsp3) is 0.278. The number of benzene rings is 1. The van der Waals surface area contributed by atoms with Crippen LogP contribution < -0.4 is 20.7 Å². The third-order valence-corrected chi connectivity index (χ3v) is 4.23. The monoisotopic (exact) mass is 352 g/mol. The van der Waals surface area contributed by atoms with E-state index in [4.69, 9.17) is 4.74 Å². The Labute approximate surface area is 150 Å². The average molecular weight is 352 g/mol. The molecule has 0 spiro atoms. The molecule has 1 aliphatic heterocycles. The van der Waals surface area contributed by atoms with Crippen LogP contribution in [0.3, 0.4) is 0 Å². The summed E-state index contributed by atoms with van der Waals surface area (Å²) in [6, 6.07) is 7.80. The lowest BCUT2D eigenvalue weighted by molar-refractivity contribution is 0.0953. The summed E-state index contributed by atoms with van der Waals surface area (Å²) in [5, 5.41) is 13.6. The molecule has 8 heteroatoms. The number of hydrogen-bond acceptors (Lipinski definition) is 6. The molecule has 0 radical (unpaired) electrons. The summed E-state index contributed by atoms with van der Waals surface area (Å²) in [5.74, 6) is 1.88. The predicted molar refractivity (Wildman–Crippen MR) is 99.4 cm³/mol. The van der Waals surface area contributed by atoms with E-state index in [0.29, 0.717) is 36.6 Å². The maximum absolute atomic E-state index is 12.5. The third kappa shape index (κ3) is 2.90. The smallest absolute Gasteiger partial charge is 0.256 e. The van der Waals surface area contributed by atoms with Gasteiger partial charge in [0.1, 0.15) is 22.9 Å². The van der Waals surface area contributed by atoms with Crippen LogP contribution in [0, 0.1) is 6.92 Å². The molecule has 26 heavy (non-hydrogen) atoms. The summed E-state index contributed by atoms with van der Waals surface area (Å²) < 4.78 is 7.51. The molecule has 0 saturated heterocycles. The van der Waals surface area contributed by atoms with Crippen molar-refractivity contribution in [3.05, 3.63) is 41.6 Å². The molecule has 1 aliphatic rings. The number of amides is 1. The molecule has 8 nitrogen and oxygen atoms in total. The van der Waals surface area contributed by atoms with Crippen LogP contribution >= 0.6 is 0 Å². The number of ether oxygens (including phenoxy) is 1. The molecule has 3 N–H and O–H groups in total. The summed E-state index contributed by atoms with van der Waals surface area (Å²) in [5.41, 5.74) is 2.88. The van der Waals surface area contributed by atoms with E-state index in [1.165, 1.54) is 6.20 Å². The van der Waals surface area contributed by atoms with E-state index in [-0.39, 0.29) is 5.91 Å². The van der Waals surface area contributed by atoms with Crippen LogP contribution in [0.5, 0.6) is 5.75 Å². The zero-order chi connectivity index (χ0) is 18.1. The number of anilines is 3. The topological polar surface area (TPSA) is 92.6 Å². The van der Waals surface area contributed by atoms with Gasteiger partial charge in [-0.1, -0.05) is 6.07 Å². The van der Waals surface area contributed by atoms with Crippen molar-refractivity contribution in [2.24, 2.45) is 0 Å². The summed E-state index contributed by atoms with van der Waals surface area (Å²) in [6.45, 7) is 3.05. The first-order chi connectivity index (χ1) is 12.7. The predicted octanol–water partition coefficient (Wildman–Crippen LogP) is 2.34. The number of aromatic nitrogens is 3. The van der Waals surface area contributed by atoms with Crippen LogP contribution in [0.4, 0.5) is 17.3 Å². The van der Waals surface area contributed by atoms with Crippen LogP contribution in [0.25, 0.3) is 5.65 Å². The summed E-state index contributed by atoms with van der Waals surface area (Å²) in [6.07, 6.45) is 2.24. The van der Waals surface area contributed by atoms with Gasteiger partial charge in [0, 0.05) is 19.7 Å². The molecule has 0 unspecified atom stereocenters. The van der Waals surface area contributed by atoms with Crippen LogP contribution in [-0.4, -0.2) is 40.7 Å². The Morgan fingerprint density at radius 3 is 3.04 bits per heavy atom. The maximum atomic E-state index is 12.5. The molecule has 1 aromatic carbocycles. The Hall–Kier alpha value is -3.29. The van der Waals surface area contributed by atoms with Crippen molar-refractivity contribution < 1.29 is 9.53 Å². The highest BCUT2D eigenvalue weighted by Crippen LogP contribution is 2.30. The second kappa shape index (κ2) is 6.55. The molecule has 0 aliphatic carbocycles. The van der Waals surface area contributed by atoms with E-state index >= 15 is 0 Å². The number of carbonyl (C=O) groups is 1. The van der Waals surface area contributed by atoms with Crippen LogP contribution in [0.1, 0.15) is 22.3 Å². The molecular formula is C18H20N6O2. The lowest BCUT2D eigenvalue weighted by atomic mass is 10.2. The van der Waals surface area contributed by atoms with Crippen LogP contribution in [-0.2, 0) is 0 Å². The van der Waals surface area contributed by atoms with Gasteiger partial charge < -0.3 is 20.7 Å². The molecule has 0 atom stereocenters. The van der Waals surface area contributed by atoms with Gasteiger partial charge in [0.15, 0.2) is 5.65 Å². The Balaban J connectivity index is 1.88. The third-order valence-electron chi connectivity index (χ3n) is 4.23. The lowest BCUT2D eigenvalue weighted by Gasteiger charge is -2.14. The molecule has 3 heterocycles. The summed E-state index contributed by atoms with van der Waals surface area (Å²) in [4.78, 5) is 17.1. The van der Waals surface area contributed by atoms with Gasteiger partial charge in [0.2, 0.25) is 0 Å². The fourth-order valence-corrected chi connectivity index (χ4v) is 2.92. The van der Waals surface area contributed by atoms with E-state index in [2.05, 4.69) is 26.0 Å². The minimum absolute atomic E-state index is 0.195. The second-order valence-electron chi connectivity index (χ2n) is 6.15. The number of nitrogens with one attached hydrogen (secondary N) is 3. The van der Waals surface area contributed by atoms with E-state index in [0.717, 1.165) is 22.8 Å². The summed E-state index contributed by atoms with van der Waals surface area (Å²) in [7, 11) is 1.80. The van der Waals surface area contributed by atoms with Crippen LogP contribution in [0.15, 0.2) is 30.5 Å². The van der Waals surface area contributed by atoms with Crippen LogP contribution in [0.2, 0.25) is 0 Å². The molecular weight excluding hydrogens is 332 g/mol. The van der Waals surface area contributed by atoms with Gasteiger partial charge in [-0.3, -0.25) is 4.79 Å². The van der Waals surface area contributed by atoms with E-state index < -0.39 is 0 Å². The Morgan fingerprint density at radius 2 is 2.19 bits per heavy atom. The fourth-order valence-electron chi connectivity index (χ4n) is 2.92. The molecule has 4 rings (SSSR count). The van der Waals surface area contributed by atoms with Crippen molar-refractivity contribution >= 4 is 28.9 Å². The number of rotatable bonds is 1. The van der Waals surface area contributed by atoms with Gasteiger partial charge in [-0.15, -0.1) is 0 Å². The highest BCUT2D eigenvalue weighted by Gasteiger charge is 2.18. The van der Waals surface area contributed by atoms with Gasteiger partial charge >= 0.3 is 0 Å². The van der Waals surface area contributed by atoms with E-state index in [1.807, 2.05) is 31.2 Å². The molecule has 0 fully saturated rings. The zero-order valence-electron chi connectivity index (χ0n) is 14.7. The molecule has 3 aromatic rings. The number of hydrogen-bond donors (Lipinski definition) is 3. The number of carbonyl (C=O) groups excluding carboxylic acids is 1. The van der Waals surface area contributed by atoms with Crippen molar-refractivity contribution in [2.75, 3.05) is 30.8 Å². The zero-order valence-corrected chi connectivity index (χ0v) is 14.7. The standard InChI is InChI=1S/C18H20N6O2/c1-11-4-5-14-13(8-11)22-15-9-16(19-2)24-17(23-15)12(10-21-24)18(25)20-6-3-7-26-14/h4-5,8-10,19H,3,6-7H2,1-2H3,(H,20,25)(H,22,23). The first kappa shape index (κ1) is 16.2. The second-order valence-corrected chi connectivity index (χ2v) is 6.15. The van der Waals surface area contributed by atoms with Gasteiger partial charge in [-0.2, -0.15) is 9.61 Å². The number of aryl methyl sites for hydroxylation is 1. The lowest BCUT2D eigenvalue weighted by Crippen LogP contribution is -2.25. The van der Waals surface area contributed by atoms with E-state index in [1.54, 1.807) is 11.6 Å². The van der Waals surface area contributed by atoms with Crippen molar-refractivity contribution in [3.63, 3.8) is 0 Å². The van der Waals surface area contributed by atoms with Gasteiger partial charge in [0.25, 0.3) is 5.91 Å². The number of nitrogens with zero attached hydrogens (tertiary/aromatic N) is 3. The molecule has 134 valence electrons. The van der Waals surface area contributed by atoms with Gasteiger partial charge in [-0.25, -0.2) is 4.98 Å².